The van der Waals surface area contributed by atoms with Crippen LogP contribution in [-0.4, -0.2) is 11.0 Å². The molecule has 1 nitrogen and oxygen atoms in total. The largest absolute Gasteiger partial charge is 0.299 e. The first-order valence-electron chi connectivity index (χ1n) is 7.88. The summed E-state index contributed by atoms with van der Waals surface area (Å²) in [7, 11) is 0. The molecule has 0 aliphatic heterocycles. The summed E-state index contributed by atoms with van der Waals surface area (Å²) in [5, 5.41) is 2.88. The van der Waals surface area contributed by atoms with Gasteiger partial charge in [0, 0.05) is 22.5 Å². The minimum atomic E-state index is 0.132. The van der Waals surface area contributed by atoms with Crippen molar-refractivity contribution in [1.29, 1.82) is 0 Å². The van der Waals surface area contributed by atoms with E-state index in [1.54, 1.807) is 0 Å². The molecule has 0 N–H and O–H groups in total. The smallest absolute Gasteiger partial charge is 0.137 e. The van der Waals surface area contributed by atoms with Crippen molar-refractivity contribution in [2.75, 3.05) is 0 Å². The van der Waals surface area contributed by atoms with E-state index in [0.717, 1.165) is 12.0 Å². The van der Waals surface area contributed by atoms with E-state index in [-0.39, 0.29) is 5.92 Å². The second-order valence-corrected chi connectivity index (χ2v) is 7.72. The average molecular weight is 310 g/mol. The van der Waals surface area contributed by atoms with E-state index in [1.165, 1.54) is 15.7 Å². The van der Waals surface area contributed by atoms with Crippen molar-refractivity contribution in [2.45, 2.75) is 36.8 Å². The lowest BCUT2D eigenvalue weighted by Crippen LogP contribution is -2.33. The number of rotatable bonds is 3. The summed E-state index contributed by atoms with van der Waals surface area (Å²) in [6.07, 6.45) is 1.73. The number of benzene rings is 2. The van der Waals surface area contributed by atoms with Crippen LogP contribution in [0.1, 0.15) is 26.7 Å². The molecule has 1 saturated carbocycles. The summed E-state index contributed by atoms with van der Waals surface area (Å²) in [6, 6.07) is 15.0. The molecule has 2 aromatic rings. The zero-order chi connectivity index (χ0) is 15.7. The maximum Gasteiger partial charge on any atom is 0.137 e. The molecule has 22 heavy (non-hydrogen) atoms. The fraction of sp³-hybridized carbons (Fsp3) is 0.350. The number of hydrogen-bond donors (Lipinski definition) is 0. The van der Waals surface area contributed by atoms with Crippen molar-refractivity contribution in [1.82, 2.24) is 0 Å². The van der Waals surface area contributed by atoms with Crippen LogP contribution in [0.15, 0.2) is 59.5 Å². The lowest BCUT2D eigenvalue weighted by atomic mass is 9.79. The van der Waals surface area contributed by atoms with Crippen LogP contribution >= 0.6 is 11.8 Å². The van der Waals surface area contributed by atoms with Crippen molar-refractivity contribution in [3.05, 3.63) is 54.6 Å². The van der Waals surface area contributed by atoms with Crippen LogP contribution in [0.5, 0.6) is 0 Å². The number of carbonyl (C=O) groups is 1. The normalized spacial score (nSPS) is 25.4. The molecule has 2 heteroatoms. The topological polar surface area (TPSA) is 17.1 Å². The Hall–Kier alpha value is -1.54. The van der Waals surface area contributed by atoms with E-state index in [1.807, 2.05) is 18.7 Å². The minimum Gasteiger partial charge on any atom is -0.299 e. The highest BCUT2D eigenvalue weighted by Gasteiger charge is 2.34. The van der Waals surface area contributed by atoms with Gasteiger partial charge in [0.25, 0.3) is 0 Å². The summed E-state index contributed by atoms with van der Waals surface area (Å²) in [4.78, 5) is 13.5. The summed E-state index contributed by atoms with van der Waals surface area (Å²) >= 11 is 1.85. The second-order valence-electron chi connectivity index (χ2n) is 6.40. The molecular weight excluding hydrogens is 288 g/mol. The predicted octanol–water partition coefficient (Wildman–Crippen LogP) is 5.49. The number of Topliss-reactive ketones (excluding diaryl/α,β-unsaturated/α-hetero) is 1. The fourth-order valence-electron chi connectivity index (χ4n) is 3.15. The predicted molar refractivity (Wildman–Crippen MR) is 95.3 cm³/mol. The van der Waals surface area contributed by atoms with Crippen LogP contribution in [0.3, 0.4) is 0 Å². The van der Waals surface area contributed by atoms with Gasteiger partial charge in [-0.15, -0.1) is 11.8 Å². The molecule has 1 fully saturated rings. The molecule has 0 unspecified atom stereocenters. The van der Waals surface area contributed by atoms with Gasteiger partial charge in [-0.05, 0) is 42.2 Å². The van der Waals surface area contributed by atoms with Gasteiger partial charge in [-0.2, -0.15) is 0 Å². The molecule has 0 amide bonds. The van der Waals surface area contributed by atoms with Crippen molar-refractivity contribution in [3.63, 3.8) is 0 Å². The number of fused-ring (bicyclic) bond motifs is 1. The Morgan fingerprint density at radius 3 is 2.64 bits per heavy atom. The molecule has 114 valence electrons. The second kappa shape index (κ2) is 6.29. The lowest BCUT2D eigenvalue weighted by molar-refractivity contribution is -0.124. The molecule has 3 atom stereocenters. The van der Waals surface area contributed by atoms with E-state index in [0.29, 0.717) is 23.4 Å². The quantitative estimate of drug-likeness (QED) is 0.697. The number of hydrogen-bond acceptors (Lipinski definition) is 2. The number of thioether (sulfide) groups is 1. The first-order valence-corrected chi connectivity index (χ1v) is 8.76. The maximum absolute atomic E-state index is 12.3. The number of ketones is 1. The van der Waals surface area contributed by atoms with E-state index >= 15 is 0 Å². The van der Waals surface area contributed by atoms with Gasteiger partial charge in [-0.25, -0.2) is 0 Å². The third-order valence-electron chi connectivity index (χ3n) is 4.74. The molecule has 0 aromatic heterocycles. The van der Waals surface area contributed by atoms with Crippen molar-refractivity contribution in [3.8, 4) is 0 Å². The molecule has 0 radical (unpaired) electrons. The maximum atomic E-state index is 12.3. The molecule has 1 aliphatic carbocycles. The van der Waals surface area contributed by atoms with Gasteiger partial charge in [-0.3, -0.25) is 4.79 Å². The molecule has 0 spiro atoms. The SMILES string of the molecule is C=C(C)[C@H]1CC(=O)[C@H](C)[C@H](Sc2ccc3ccccc3c2)C1. The van der Waals surface area contributed by atoms with Gasteiger partial charge in [0.2, 0.25) is 0 Å². The van der Waals surface area contributed by atoms with Crippen LogP contribution in [0.2, 0.25) is 0 Å². The van der Waals surface area contributed by atoms with Gasteiger partial charge in [0.15, 0.2) is 0 Å². The number of carbonyl (C=O) groups excluding carboxylic acids is 1. The third kappa shape index (κ3) is 3.12. The Labute approximate surface area is 136 Å². The van der Waals surface area contributed by atoms with Crippen LogP contribution < -0.4 is 0 Å². The van der Waals surface area contributed by atoms with Crippen LogP contribution in [0.4, 0.5) is 0 Å². The highest BCUT2D eigenvalue weighted by Crippen LogP contribution is 2.40. The van der Waals surface area contributed by atoms with E-state index in [4.69, 9.17) is 0 Å². The lowest BCUT2D eigenvalue weighted by Gasteiger charge is -2.33. The Balaban J connectivity index is 1.82. The minimum absolute atomic E-state index is 0.132. The molecular formula is C20H22OS. The molecule has 1 aliphatic rings. The Kier molecular flexibility index (Phi) is 4.39. The zero-order valence-electron chi connectivity index (χ0n) is 13.2. The molecule has 0 bridgehead atoms. The van der Waals surface area contributed by atoms with Crippen molar-refractivity contribution < 1.29 is 4.79 Å². The number of allylic oxidation sites excluding steroid dienone is 1. The molecule has 0 heterocycles. The van der Waals surface area contributed by atoms with Gasteiger partial charge in [-0.1, -0.05) is 49.4 Å². The van der Waals surface area contributed by atoms with Crippen molar-refractivity contribution in [2.24, 2.45) is 11.8 Å². The Morgan fingerprint density at radius 1 is 1.18 bits per heavy atom. The van der Waals surface area contributed by atoms with E-state index in [9.17, 15) is 4.79 Å². The van der Waals surface area contributed by atoms with Gasteiger partial charge < -0.3 is 0 Å². The van der Waals surface area contributed by atoms with E-state index < -0.39 is 0 Å². The highest BCUT2D eigenvalue weighted by atomic mass is 32.2. The summed E-state index contributed by atoms with van der Waals surface area (Å²) in [6.45, 7) is 8.19. The monoisotopic (exact) mass is 310 g/mol. The summed E-state index contributed by atoms with van der Waals surface area (Å²) in [5.74, 6) is 0.867. The Bertz CT molecular complexity index is 718. The van der Waals surface area contributed by atoms with E-state index in [2.05, 4.69) is 56.0 Å². The summed E-state index contributed by atoms with van der Waals surface area (Å²) < 4.78 is 0. The van der Waals surface area contributed by atoms with Gasteiger partial charge >= 0.3 is 0 Å². The van der Waals surface area contributed by atoms with Crippen LogP contribution in [0.25, 0.3) is 10.8 Å². The highest BCUT2D eigenvalue weighted by molar-refractivity contribution is 8.00. The Morgan fingerprint density at radius 2 is 1.91 bits per heavy atom. The average Bonchev–Trinajstić information content (AvgIpc) is 2.51. The first-order chi connectivity index (χ1) is 10.5. The fourth-order valence-corrected chi connectivity index (χ4v) is 4.52. The van der Waals surface area contributed by atoms with Crippen LogP contribution in [0, 0.1) is 11.8 Å². The van der Waals surface area contributed by atoms with Crippen molar-refractivity contribution >= 4 is 28.3 Å². The zero-order valence-corrected chi connectivity index (χ0v) is 14.0. The van der Waals surface area contributed by atoms with Gasteiger partial charge in [0.05, 0.1) is 0 Å². The third-order valence-corrected chi connectivity index (χ3v) is 6.16. The van der Waals surface area contributed by atoms with Gasteiger partial charge in [0.1, 0.15) is 5.78 Å². The van der Waals surface area contributed by atoms with Crippen LogP contribution in [-0.2, 0) is 4.79 Å². The molecule has 3 rings (SSSR count). The first kappa shape index (κ1) is 15.4. The summed E-state index contributed by atoms with van der Waals surface area (Å²) in [5.41, 5.74) is 1.14. The molecule has 2 aromatic carbocycles. The molecule has 0 saturated heterocycles. The standard InChI is InChI=1S/C20H22OS/c1-13(2)17-11-19(21)14(3)20(12-17)22-18-9-8-15-6-4-5-7-16(15)10-18/h4-10,14,17,20H,1,11-12H2,2-3H3/t14-,17-,20+/m0/s1.